The highest BCUT2D eigenvalue weighted by molar-refractivity contribution is 8.09. The lowest BCUT2D eigenvalue weighted by Gasteiger charge is -1.42. The van der Waals surface area contributed by atoms with Crippen molar-refractivity contribution >= 4 is 86.3 Å². The molecule has 0 aliphatic carbocycles. The lowest BCUT2D eigenvalue weighted by Crippen LogP contribution is -1.18. The molecule has 2 aromatic heterocycles. The minimum absolute atomic E-state index is 1.67. The van der Waals surface area contributed by atoms with Crippen LogP contribution in [0.15, 0.2) is 0 Å². The van der Waals surface area contributed by atoms with Crippen LogP contribution in [0.5, 0.6) is 0 Å². The lowest BCUT2D eigenvalue weighted by atomic mass is 11.9. The molecule has 12 heavy (non-hydrogen) atoms. The number of rotatable bonds is 0. The maximum Gasteiger partial charge on any atom is 0.106 e. The Balaban J connectivity index is 0.000000168. The van der Waals surface area contributed by atoms with Crippen LogP contribution >= 0.6 is 79.5 Å². The first-order valence-corrected chi connectivity index (χ1v) is 11.7. The Morgan fingerprint density at radius 1 is 0.667 bits per heavy atom. The Bertz CT molecular complexity index is 169. The number of hydrogen-bond acceptors (Lipinski definition) is 9. The van der Waals surface area contributed by atoms with Gasteiger partial charge >= 0.3 is 0 Å². The van der Waals surface area contributed by atoms with Crippen LogP contribution in [0.25, 0.3) is 0 Å². The van der Waals surface area contributed by atoms with Gasteiger partial charge in [0.25, 0.3) is 0 Å². The van der Waals surface area contributed by atoms with Crippen LogP contribution < -0.4 is 0 Å². The number of H-pyrrole nitrogens is 2. The molecule has 0 unspecified atom stereocenters. The van der Waals surface area contributed by atoms with Crippen LogP contribution in [0.4, 0.5) is 0 Å². The average Bonchev–Trinajstić information content (AvgIpc) is 2.87. The normalized spacial score (nSPS) is 7.00. The zero-order valence-electron chi connectivity index (χ0n) is 5.38. The first-order chi connectivity index (χ1) is 6.00. The van der Waals surface area contributed by atoms with Gasteiger partial charge in [0.15, 0.2) is 0 Å². The molecule has 11 heteroatoms. The standard InChI is InChI=1S/CH2O.2HNS4/c1-2;2*1-2-4-5-3-1/h1H2;2*1H. The molecule has 0 fully saturated rings. The van der Waals surface area contributed by atoms with Gasteiger partial charge in [-0.25, -0.2) is 7.53 Å². The van der Waals surface area contributed by atoms with E-state index < -0.39 is 0 Å². The number of carbonyl (C=O) groups is 1. The predicted octanol–water partition coefficient (Wildman–Crippen LogP) is 4.59. The van der Waals surface area contributed by atoms with Crippen molar-refractivity contribution < 1.29 is 4.79 Å². The summed E-state index contributed by atoms with van der Waals surface area (Å²) >= 11 is 0. The van der Waals surface area contributed by atoms with Crippen LogP contribution in [0.3, 0.4) is 0 Å². The number of hydrogen-bond donors (Lipinski definition) is 2. The molecule has 0 saturated carbocycles. The van der Waals surface area contributed by atoms with Crippen LogP contribution in [0, 0.1) is 0 Å². The smallest absolute Gasteiger partial charge is 0.106 e. The van der Waals surface area contributed by atoms with Crippen molar-refractivity contribution in [1.29, 1.82) is 0 Å². The Morgan fingerprint density at radius 3 is 1.00 bits per heavy atom. The van der Waals surface area contributed by atoms with E-state index in [1.54, 1.807) is 79.5 Å². The number of aromatic nitrogens is 2. The summed E-state index contributed by atoms with van der Waals surface area (Å²) in [6.45, 7) is 2.00. The third-order valence-electron chi connectivity index (χ3n) is 0.328. The molecule has 0 aliphatic rings. The molecule has 0 atom stereocenters. The van der Waals surface area contributed by atoms with Crippen molar-refractivity contribution in [2.45, 2.75) is 0 Å². The van der Waals surface area contributed by atoms with Crippen molar-refractivity contribution in [1.82, 2.24) is 7.53 Å². The third kappa shape index (κ3) is 9.12. The minimum Gasteiger partial charge on any atom is -0.307 e. The first kappa shape index (κ1) is 13.0. The zero-order chi connectivity index (χ0) is 9.07. The highest BCUT2D eigenvalue weighted by Crippen LogP contribution is 2.14. The predicted molar refractivity (Wildman–Crippen MR) is 67.0 cm³/mol. The molecule has 72 valence electrons. The Hall–Kier alpha value is 1.03. The third-order valence-corrected chi connectivity index (χ3v) is 11.8. The molecular weight excluding hydrogens is 313 g/mol. The second-order valence-corrected chi connectivity index (χ2v) is 11.8. The van der Waals surface area contributed by atoms with Crippen molar-refractivity contribution in [2.75, 3.05) is 0 Å². The highest BCUT2D eigenvalue weighted by atomic mass is 33.4. The van der Waals surface area contributed by atoms with E-state index in [9.17, 15) is 0 Å². The van der Waals surface area contributed by atoms with Crippen LogP contribution in [-0.4, -0.2) is 14.3 Å². The van der Waals surface area contributed by atoms with Crippen LogP contribution in [0.1, 0.15) is 0 Å². The summed E-state index contributed by atoms with van der Waals surface area (Å²) in [5, 5.41) is 0. The van der Waals surface area contributed by atoms with Gasteiger partial charge < -0.3 is 4.79 Å². The van der Waals surface area contributed by atoms with E-state index in [0.29, 0.717) is 0 Å². The number of carbonyl (C=O) groups excluding carboxylic acids is 1. The van der Waals surface area contributed by atoms with E-state index in [1.807, 2.05) is 6.79 Å². The van der Waals surface area contributed by atoms with Crippen molar-refractivity contribution in [3.8, 4) is 0 Å². The quantitative estimate of drug-likeness (QED) is 0.686. The van der Waals surface area contributed by atoms with Gasteiger partial charge in [-0.2, -0.15) is 0 Å². The Morgan fingerprint density at radius 2 is 0.917 bits per heavy atom. The van der Waals surface area contributed by atoms with Crippen molar-refractivity contribution in [3.05, 3.63) is 0 Å². The highest BCUT2D eigenvalue weighted by Gasteiger charge is 1.61. The molecule has 0 aromatic carbocycles. The molecule has 0 spiro atoms. The molecule has 2 rings (SSSR count). The number of aromatic amines is 2. The van der Waals surface area contributed by atoms with E-state index in [1.165, 1.54) is 0 Å². The molecular formula is CH4N2OS8. The topological polar surface area (TPSA) is 48.6 Å². The lowest BCUT2D eigenvalue weighted by molar-refractivity contribution is -0.0979. The van der Waals surface area contributed by atoms with Crippen LogP contribution in [0.2, 0.25) is 0 Å². The molecule has 2 aromatic rings. The fraction of sp³-hybridized carbons (Fsp3) is 0. The average molecular weight is 317 g/mol. The second-order valence-electron chi connectivity index (χ2n) is 0.772. The van der Waals surface area contributed by atoms with Gasteiger partial charge in [-0.15, -0.1) is 0 Å². The van der Waals surface area contributed by atoms with E-state index in [2.05, 4.69) is 7.53 Å². The van der Waals surface area contributed by atoms with Gasteiger partial charge in [-0.05, 0) is 0 Å². The van der Waals surface area contributed by atoms with Gasteiger partial charge in [0.1, 0.15) is 6.79 Å². The zero-order valence-corrected chi connectivity index (χ0v) is 11.9. The van der Waals surface area contributed by atoms with Crippen molar-refractivity contribution in [3.63, 3.8) is 0 Å². The van der Waals surface area contributed by atoms with Crippen molar-refractivity contribution in [2.24, 2.45) is 0 Å². The summed E-state index contributed by atoms with van der Waals surface area (Å²) in [5.74, 6) is 0. The Kier molecular flexibility index (Phi) is 13.1. The van der Waals surface area contributed by atoms with Gasteiger partial charge in [-0.3, -0.25) is 0 Å². The molecule has 0 aliphatic heterocycles. The molecule has 0 radical (unpaired) electrons. The number of nitrogens with one attached hydrogen (secondary N) is 2. The fourth-order valence-corrected chi connectivity index (χ4v) is 11.2. The van der Waals surface area contributed by atoms with Crippen LogP contribution in [-0.2, 0) is 4.79 Å². The summed E-state index contributed by atoms with van der Waals surface area (Å²) in [6.07, 6.45) is 0. The summed E-state index contributed by atoms with van der Waals surface area (Å²) in [6, 6.07) is 0. The van der Waals surface area contributed by atoms with Gasteiger partial charge in [-0.1, -0.05) is 0 Å². The fourth-order valence-electron chi connectivity index (χ4n) is 0.139. The monoisotopic (exact) mass is 316 g/mol. The molecule has 0 amide bonds. The summed E-state index contributed by atoms with van der Waals surface area (Å²) in [4.78, 5) is 8.00. The largest absolute Gasteiger partial charge is 0.307 e. The molecule has 2 heterocycles. The van der Waals surface area contributed by atoms with E-state index >= 15 is 0 Å². The molecule has 2 N–H and O–H groups in total. The maximum atomic E-state index is 8.00. The molecule has 3 nitrogen and oxygen atoms in total. The maximum absolute atomic E-state index is 8.00. The molecule has 0 saturated heterocycles. The van der Waals surface area contributed by atoms with E-state index in [4.69, 9.17) is 4.79 Å². The van der Waals surface area contributed by atoms with E-state index in [0.717, 1.165) is 0 Å². The van der Waals surface area contributed by atoms with Gasteiger partial charge in [0, 0.05) is 79.5 Å². The summed E-state index contributed by atoms with van der Waals surface area (Å²) in [5.41, 5.74) is 0. The summed E-state index contributed by atoms with van der Waals surface area (Å²) in [7, 11) is 13.7. The SMILES string of the molecule is C=O.[nH]1ssss1.[nH]1ssss1. The first-order valence-electron chi connectivity index (χ1n) is 2.11. The van der Waals surface area contributed by atoms with Gasteiger partial charge in [0.05, 0.1) is 0 Å². The Labute approximate surface area is 97.5 Å². The molecule has 0 bridgehead atoms. The van der Waals surface area contributed by atoms with E-state index in [-0.39, 0.29) is 0 Å². The minimum atomic E-state index is 1.67. The van der Waals surface area contributed by atoms with Gasteiger partial charge in [0.2, 0.25) is 0 Å². The second kappa shape index (κ2) is 12.0. The summed E-state index contributed by atoms with van der Waals surface area (Å²) < 4.78 is 5.96.